The molecule has 1 aromatic rings. The van der Waals surface area contributed by atoms with Crippen LogP contribution in [0.4, 0.5) is 5.13 Å². The minimum absolute atomic E-state index is 0.308. The predicted molar refractivity (Wildman–Crippen MR) is 84.2 cm³/mol. The van der Waals surface area contributed by atoms with Gasteiger partial charge in [-0.2, -0.15) is 0 Å². The number of nitrogens with one attached hydrogen (secondary N) is 1. The first-order chi connectivity index (χ1) is 8.90. The standard InChI is InChI=1S/C15H27N3S/c1-6-16-11-8-7-9-12-13(11)19-14(17-12)18(5)10-15(2,3)4/h11,16H,6-10H2,1-5H3. The van der Waals surface area contributed by atoms with E-state index in [1.54, 1.807) is 0 Å². The number of rotatable bonds is 4. The van der Waals surface area contributed by atoms with Crippen molar-refractivity contribution in [3.05, 3.63) is 10.6 Å². The van der Waals surface area contributed by atoms with Crippen LogP contribution in [0.15, 0.2) is 0 Å². The van der Waals surface area contributed by atoms with Crippen LogP contribution in [0.5, 0.6) is 0 Å². The number of hydrogen-bond acceptors (Lipinski definition) is 4. The second-order valence-corrected chi connectivity index (χ2v) is 7.74. The number of aryl methyl sites for hydroxylation is 1. The van der Waals surface area contributed by atoms with Crippen LogP contribution >= 0.6 is 11.3 Å². The quantitative estimate of drug-likeness (QED) is 0.914. The van der Waals surface area contributed by atoms with Crippen LogP contribution in [0.25, 0.3) is 0 Å². The Morgan fingerprint density at radius 2 is 2.16 bits per heavy atom. The van der Waals surface area contributed by atoms with Crippen molar-refractivity contribution < 1.29 is 0 Å². The molecule has 108 valence electrons. The highest BCUT2D eigenvalue weighted by atomic mass is 32.1. The van der Waals surface area contributed by atoms with E-state index < -0.39 is 0 Å². The van der Waals surface area contributed by atoms with E-state index in [1.807, 2.05) is 11.3 Å². The van der Waals surface area contributed by atoms with Crippen LogP contribution in [0.3, 0.4) is 0 Å². The highest BCUT2D eigenvalue weighted by Gasteiger charge is 2.25. The van der Waals surface area contributed by atoms with E-state index in [4.69, 9.17) is 4.98 Å². The molecule has 0 aliphatic heterocycles. The lowest BCUT2D eigenvalue weighted by atomic mass is 9.96. The fourth-order valence-electron chi connectivity index (χ4n) is 2.79. The van der Waals surface area contributed by atoms with Crippen molar-refractivity contribution in [1.82, 2.24) is 10.3 Å². The van der Waals surface area contributed by atoms with Crippen molar-refractivity contribution in [2.45, 2.75) is 53.0 Å². The van der Waals surface area contributed by atoms with Crippen molar-refractivity contribution in [2.75, 3.05) is 25.0 Å². The molecule has 1 heterocycles. The van der Waals surface area contributed by atoms with Crippen molar-refractivity contribution in [1.29, 1.82) is 0 Å². The van der Waals surface area contributed by atoms with Gasteiger partial charge in [0, 0.05) is 24.5 Å². The zero-order chi connectivity index (χ0) is 14.0. The van der Waals surface area contributed by atoms with Gasteiger partial charge in [-0.25, -0.2) is 4.98 Å². The third kappa shape index (κ3) is 3.69. The summed E-state index contributed by atoms with van der Waals surface area (Å²) in [5.41, 5.74) is 1.64. The molecule has 0 bridgehead atoms. The third-order valence-corrected chi connectivity index (χ3v) is 4.75. The molecule has 4 heteroatoms. The lowest BCUT2D eigenvalue weighted by molar-refractivity contribution is 0.418. The topological polar surface area (TPSA) is 28.2 Å². The van der Waals surface area contributed by atoms with E-state index in [-0.39, 0.29) is 0 Å². The van der Waals surface area contributed by atoms with Gasteiger partial charge in [0.15, 0.2) is 5.13 Å². The molecule has 0 fully saturated rings. The van der Waals surface area contributed by atoms with E-state index >= 15 is 0 Å². The summed E-state index contributed by atoms with van der Waals surface area (Å²) in [6, 6.07) is 0.531. The van der Waals surface area contributed by atoms with Gasteiger partial charge < -0.3 is 10.2 Å². The van der Waals surface area contributed by atoms with E-state index in [2.05, 4.69) is 45.0 Å². The fourth-order valence-corrected chi connectivity index (χ4v) is 3.97. The van der Waals surface area contributed by atoms with Gasteiger partial charge in [-0.1, -0.05) is 39.0 Å². The molecule has 1 aromatic heterocycles. The zero-order valence-corrected chi connectivity index (χ0v) is 13.7. The van der Waals surface area contributed by atoms with Crippen LogP contribution in [0, 0.1) is 5.41 Å². The van der Waals surface area contributed by atoms with Gasteiger partial charge in [-0.15, -0.1) is 0 Å². The number of fused-ring (bicyclic) bond motifs is 1. The first kappa shape index (κ1) is 14.8. The maximum Gasteiger partial charge on any atom is 0.185 e. The maximum absolute atomic E-state index is 4.87. The number of thiazole rings is 1. The first-order valence-electron chi connectivity index (χ1n) is 7.35. The summed E-state index contributed by atoms with van der Waals surface area (Å²) in [6.07, 6.45) is 3.67. The molecule has 1 aliphatic rings. The number of anilines is 1. The Balaban J connectivity index is 2.16. The lowest BCUT2D eigenvalue weighted by Crippen LogP contribution is -2.28. The molecule has 0 amide bonds. The smallest absolute Gasteiger partial charge is 0.185 e. The van der Waals surface area contributed by atoms with Crippen molar-refractivity contribution in [2.24, 2.45) is 5.41 Å². The van der Waals surface area contributed by atoms with Crippen molar-refractivity contribution >= 4 is 16.5 Å². The first-order valence-corrected chi connectivity index (χ1v) is 8.16. The summed E-state index contributed by atoms with van der Waals surface area (Å²) in [5, 5.41) is 4.78. The minimum atomic E-state index is 0.308. The average Bonchev–Trinajstić information content (AvgIpc) is 2.72. The molecule has 1 aliphatic carbocycles. The molecule has 0 saturated carbocycles. The Morgan fingerprint density at radius 3 is 2.79 bits per heavy atom. The summed E-state index contributed by atoms with van der Waals surface area (Å²) in [7, 11) is 2.16. The molecular weight excluding hydrogens is 254 g/mol. The molecule has 0 saturated heterocycles. The predicted octanol–water partition coefficient (Wildman–Crippen LogP) is 3.61. The Kier molecular flexibility index (Phi) is 4.51. The van der Waals surface area contributed by atoms with Gasteiger partial charge in [0.1, 0.15) is 0 Å². The molecule has 1 N–H and O–H groups in total. The van der Waals surface area contributed by atoms with E-state index in [1.165, 1.54) is 28.5 Å². The molecule has 0 spiro atoms. The Morgan fingerprint density at radius 1 is 1.42 bits per heavy atom. The van der Waals surface area contributed by atoms with E-state index in [0.717, 1.165) is 19.5 Å². The highest BCUT2D eigenvalue weighted by Crippen LogP contribution is 2.37. The maximum atomic E-state index is 4.87. The normalized spacial score (nSPS) is 19.3. The fraction of sp³-hybridized carbons (Fsp3) is 0.800. The Labute approximate surface area is 121 Å². The zero-order valence-electron chi connectivity index (χ0n) is 12.9. The molecule has 1 atom stereocenters. The molecule has 2 rings (SSSR count). The minimum Gasteiger partial charge on any atom is -0.351 e. The number of nitrogens with zero attached hydrogens (tertiary/aromatic N) is 2. The summed E-state index contributed by atoms with van der Waals surface area (Å²) in [5.74, 6) is 0. The Hall–Kier alpha value is -0.610. The lowest BCUT2D eigenvalue weighted by Gasteiger charge is -2.26. The number of aromatic nitrogens is 1. The van der Waals surface area contributed by atoms with E-state index in [0.29, 0.717) is 11.5 Å². The van der Waals surface area contributed by atoms with Gasteiger partial charge in [0.2, 0.25) is 0 Å². The SMILES string of the molecule is CCNC1CCCc2nc(N(C)CC(C)(C)C)sc21. The van der Waals surface area contributed by atoms with Gasteiger partial charge >= 0.3 is 0 Å². The van der Waals surface area contributed by atoms with Crippen LogP contribution < -0.4 is 10.2 Å². The monoisotopic (exact) mass is 281 g/mol. The van der Waals surface area contributed by atoms with Crippen LogP contribution in [0.1, 0.15) is 57.1 Å². The van der Waals surface area contributed by atoms with Crippen molar-refractivity contribution in [3.8, 4) is 0 Å². The molecule has 19 heavy (non-hydrogen) atoms. The molecule has 1 unspecified atom stereocenters. The van der Waals surface area contributed by atoms with Crippen LogP contribution in [0.2, 0.25) is 0 Å². The van der Waals surface area contributed by atoms with Gasteiger partial charge in [0.25, 0.3) is 0 Å². The molecule has 0 radical (unpaired) electrons. The van der Waals surface area contributed by atoms with Gasteiger partial charge in [0.05, 0.1) is 5.69 Å². The second-order valence-electron chi connectivity index (χ2n) is 6.73. The van der Waals surface area contributed by atoms with E-state index in [9.17, 15) is 0 Å². The second kappa shape index (κ2) is 5.80. The summed E-state index contributed by atoms with van der Waals surface area (Å²) >= 11 is 1.88. The number of hydrogen-bond donors (Lipinski definition) is 1. The summed E-state index contributed by atoms with van der Waals surface area (Å²) in [4.78, 5) is 8.66. The summed E-state index contributed by atoms with van der Waals surface area (Å²) < 4.78 is 0. The molecule has 3 nitrogen and oxygen atoms in total. The van der Waals surface area contributed by atoms with Gasteiger partial charge in [-0.05, 0) is 31.2 Å². The van der Waals surface area contributed by atoms with Crippen LogP contribution in [-0.2, 0) is 6.42 Å². The summed E-state index contributed by atoms with van der Waals surface area (Å²) in [6.45, 7) is 11.1. The Bertz CT molecular complexity index is 420. The highest BCUT2D eigenvalue weighted by molar-refractivity contribution is 7.15. The molecule has 0 aromatic carbocycles. The largest absolute Gasteiger partial charge is 0.351 e. The third-order valence-electron chi connectivity index (χ3n) is 3.43. The van der Waals surface area contributed by atoms with Gasteiger partial charge in [-0.3, -0.25) is 0 Å². The molecular formula is C15H27N3S. The van der Waals surface area contributed by atoms with Crippen molar-refractivity contribution in [3.63, 3.8) is 0 Å². The average molecular weight is 281 g/mol. The van der Waals surface area contributed by atoms with Crippen LogP contribution in [-0.4, -0.2) is 25.1 Å².